The molecule has 4 heteroatoms. The van der Waals surface area contributed by atoms with Crippen molar-refractivity contribution < 1.29 is 4.79 Å². The second kappa shape index (κ2) is 3.12. The summed E-state index contributed by atoms with van der Waals surface area (Å²) in [5.41, 5.74) is 7.05. The molecule has 0 radical (unpaired) electrons. The summed E-state index contributed by atoms with van der Waals surface area (Å²) in [5.74, 6) is 0.142. The smallest absolute Gasteiger partial charge is 0.224 e. The van der Waals surface area contributed by atoms with Crippen molar-refractivity contribution in [2.45, 2.75) is 18.5 Å². The highest BCUT2D eigenvalue weighted by Crippen LogP contribution is 2.31. The Balaban J connectivity index is 2.29. The predicted molar refractivity (Wildman–Crippen MR) is 52.4 cm³/mol. The van der Waals surface area contributed by atoms with Crippen LogP contribution in [0.15, 0.2) is 16.8 Å². The number of carbonyl (C=O) groups excluding carboxylic acids is 1. The molecule has 2 heterocycles. The van der Waals surface area contributed by atoms with E-state index in [9.17, 15) is 4.79 Å². The molecule has 2 atom stereocenters. The predicted octanol–water partition coefficient (Wildman–Crippen LogP) is 0.979. The summed E-state index contributed by atoms with van der Waals surface area (Å²) in [4.78, 5) is 13.1. The molecule has 0 unspecified atom stereocenters. The first-order valence-corrected chi connectivity index (χ1v) is 5.18. The Morgan fingerprint density at radius 2 is 2.46 bits per heavy atom. The van der Waals surface area contributed by atoms with Gasteiger partial charge in [0.1, 0.15) is 0 Å². The van der Waals surface area contributed by atoms with E-state index in [0.717, 1.165) is 5.56 Å². The second-order valence-corrected chi connectivity index (χ2v) is 4.15. The largest absolute Gasteiger partial charge is 0.337 e. The van der Waals surface area contributed by atoms with Crippen LogP contribution in [0.1, 0.15) is 18.0 Å². The minimum atomic E-state index is -0.0490. The van der Waals surface area contributed by atoms with Crippen LogP contribution in [0.25, 0.3) is 0 Å². The van der Waals surface area contributed by atoms with Gasteiger partial charge in [0.05, 0.1) is 6.04 Å². The minimum absolute atomic E-state index is 0.0490. The van der Waals surface area contributed by atoms with Gasteiger partial charge in [0.25, 0.3) is 0 Å². The molecule has 0 aliphatic carbocycles. The fourth-order valence-corrected chi connectivity index (χ4v) is 2.50. The zero-order valence-corrected chi connectivity index (χ0v) is 8.25. The standard InChI is InChI=1S/C9H12N2OS/c1-11-8(12)4-7(10)9(11)6-2-3-13-5-6/h2-3,5,7,9H,4,10H2,1H3/t7-,9+/m0/s1. The average molecular weight is 196 g/mol. The Bertz CT molecular complexity index is 309. The Morgan fingerprint density at radius 1 is 1.69 bits per heavy atom. The molecule has 0 saturated carbocycles. The van der Waals surface area contributed by atoms with Crippen molar-refractivity contribution in [3.8, 4) is 0 Å². The van der Waals surface area contributed by atoms with Crippen LogP contribution in [0, 0.1) is 0 Å². The molecular weight excluding hydrogens is 184 g/mol. The zero-order valence-electron chi connectivity index (χ0n) is 7.43. The first-order valence-electron chi connectivity index (χ1n) is 4.23. The summed E-state index contributed by atoms with van der Waals surface area (Å²) >= 11 is 1.64. The van der Waals surface area contributed by atoms with Gasteiger partial charge in [-0.2, -0.15) is 11.3 Å². The number of nitrogens with zero attached hydrogens (tertiary/aromatic N) is 1. The van der Waals surface area contributed by atoms with Gasteiger partial charge in [0, 0.05) is 19.5 Å². The van der Waals surface area contributed by atoms with E-state index in [2.05, 4.69) is 5.38 Å². The van der Waals surface area contributed by atoms with Crippen molar-refractivity contribution >= 4 is 17.2 Å². The molecule has 1 aliphatic heterocycles. The number of rotatable bonds is 1. The van der Waals surface area contributed by atoms with Crippen LogP contribution < -0.4 is 5.73 Å². The lowest BCUT2D eigenvalue weighted by molar-refractivity contribution is -0.127. The first-order chi connectivity index (χ1) is 6.20. The fraction of sp³-hybridized carbons (Fsp3) is 0.444. The molecule has 1 aliphatic rings. The van der Waals surface area contributed by atoms with Crippen LogP contribution in [0.2, 0.25) is 0 Å². The third kappa shape index (κ3) is 1.36. The summed E-state index contributed by atoms with van der Waals surface area (Å²) in [5, 5.41) is 4.07. The van der Waals surface area contributed by atoms with Gasteiger partial charge in [-0.3, -0.25) is 4.79 Å². The highest BCUT2D eigenvalue weighted by molar-refractivity contribution is 7.08. The lowest BCUT2D eigenvalue weighted by Gasteiger charge is -2.21. The van der Waals surface area contributed by atoms with E-state index in [1.54, 1.807) is 16.2 Å². The monoisotopic (exact) mass is 196 g/mol. The molecule has 0 spiro atoms. The first kappa shape index (κ1) is 8.72. The third-order valence-corrected chi connectivity index (χ3v) is 3.21. The maximum Gasteiger partial charge on any atom is 0.224 e. The summed E-state index contributed by atoms with van der Waals surface area (Å²) in [6.07, 6.45) is 0.469. The van der Waals surface area contributed by atoms with E-state index < -0.39 is 0 Å². The second-order valence-electron chi connectivity index (χ2n) is 3.37. The topological polar surface area (TPSA) is 46.3 Å². The molecule has 3 nitrogen and oxygen atoms in total. The lowest BCUT2D eigenvalue weighted by atomic mass is 10.0. The van der Waals surface area contributed by atoms with Gasteiger partial charge >= 0.3 is 0 Å². The molecule has 1 fully saturated rings. The molecule has 0 bridgehead atoms. The molecule has 70 valence electrons. The molecular formula is C9H12N2OS. The van der Waals surface area contributed by atoms with Gasteiger partial charge < -0.3 is 10.6 Å². The molecule has 2 rings (SSSR count). The van der Waals surface area contributed by atoms with Gasteiger partial charge in [-0.05, 0) is 22.4 Å². The van der Waals surface area contributed by atoms with E-state index in [0.29, 0.717) is 6.42 Å². The number of amides is 1. The fourth-order valence-electron chi connectivity index (χ4n) is 1.81. The Morgan fingerprint density at radius 3 is 2.92 bits per heavy atom. The van der Waals surface area contributed by atoms with E-state index in [-0.39, 0.29) is 18.0 Å². The van der Waals surface area contributed by atoms with Crippen molar-refractivity contribution in [1.82, 2.24) is 4.90 Å². The number of likely N-dealkylation sites (tertiary alicyclic amines) is 1. The zero-order chi connectivity index (χ0) is 9.42. The summed E-state index contributed by atoms with van der Waals surface area (Å²) in [6, 6.07) is 2.07. The highest BCUT2D eigenvalue weighted by Gasteiger charge is 2.36. The van der Waals surface area contributed by atoms with Crippen molar-refractivity contribution in [1.29, 1.82) is 0 Å². The number of hydrogen-bond acceptors (Lipinski definition) is 3. The lowest BCUT2D eigenvalue weighted by Crippen LogP contribution is -2.29. The maximum atomic E-state index is 11.3. The van der Waals surface area contributed by atoms with Crippen LogP contribution in [-0.4, -0.2) is 23.9 Å². The van der Waals surface area contributed by atoms with Crippen LogP contribution in [0.3, 0.4) is 0 Å². The summed E-state index contributed by atoms with van der Waals surface area (Å²) in [7, 11) is 1.82. The van der Waals surface area contributed by atoms with Crippen molar-refractivity contribution in [2.24, 2.45) is 5.73 Å². The SMILES string of the molecule is CN1C(=O)C[C@H](N)[C@H]1c1ccsc1. The molecule has 1 aromatic rings. The molecule has 0 aromatic carbocycles. The van der Waals surface area contributed by atoms with Gasteiger partial charge in [-0.15, -0.1) is 0 Å². The Kier molecular flexibility index (Phi) is 2.09. The number of carbonyl (C=O) groups is 1. The van der Waals surface area contributed by atoms with Gasteiger partial charge in [-0.1, -0.05) is 0 Å². The van der Waals surface area contributed by atoms with Crippen molar-refractivity contribution in [3.63, 3.8) is 0 Å². The normalized spacial score (nSPS) is 28.5. The number of nitrogens with two attached hydrogens (primary N) is 1. The van der Waals surface area contributed by atoms with Crippen LogP contribution in [0.5, 0.6) is 0 Å². The van der Waals surface area contributed by atoms with Gasteiger partial charge in [0.15, 0.2) is 0 Å². The highest BCUT2D eigenvalue weighted by atomic mass is 32.1. The molecule has 1 saturated heterocycles. The Labute approximate surface area is 81.2 Å². The summed E-state index contributed by atoms with van der Waals surface area (Å²) in [6.45, 7) is 0. The van der Waals surface area contributed by atoms with E-state index >= 15 is 0 Å². The molecule has 13 heavy (non-hydrogen) atoms. The van der Waals surface area contributed by atoms with Crippen LogP contribution in [0.4, 0.5) is 0 Å². The minimum Gasteiger partial charge on any atom is -0.337 e. The van der Waals surface area contributed by atoms with Crippen molar-refractivity contribution in [3.05, 3.63) is 22.4 Å². The molecule has 2 N–H and O–H groups in total. The molecule has 1 aromatic heterocycles. The third-order valence-electron chi connectivity index (χ3n) is 2.51. The quantitative estimate of drug-likeness (QED) is 0.727. The Hall–Kier alpha value is -0.870. The van der Waals surface area contributed by atoms with E-state index in [4.69, 9.17) is 5.73 Å². The maximum absolute atomic E-state index is 11.3. The van der Waals surface area contributed by atoms with E-state index in [1.165, 1.54) is 0 Å². The average Bonchev–Trinajstić information content (AvgIpc) is 2.63. The number of thiophene rings is 1. The number of likely N-dealkylation sites (N-methyl/N-ethyl adjacent to an activating group) is 1. The number of hydrogen-bond donors (Lipinski definition) is 1. The van der Waals surface area contributed by atoms with E-state index in [1.807, 2.05) is 18.5 Å². The van der Waals surface area contributed by atoms with Gasteiger partial charge in [0.2, 0.25) is 5.91 Å². The van der Waals surface area contributed by atoms with Crippen LogP contribution in [-0.2, 0) is 4.79 Å². The summed E-state index contributed by atoms with van der Waals surface area (Å²) < 4.78 is 0. The van der Waals surface area contributed by atoms with Crippen LogP contribution >= 0.6 is 11.3 Å². The van der Waals surface area contributed by atoms with Crippen molar-refractivity contribution in [2.75, 3.05) is 7.05 Å². The van der Waals surface area contributed by atoms with Gasteiger partial charge in [-0.25, -0.2) is 0 Å². The molecule has 1 amide bonds.